The maximum absolute atomic E-state index is 12.5. The quantitative estimate of drug-likeness (QED) is 0.552. The molecule has 0 spiro atoms. The number of aromatic amines is 1. The molecule has 0 aliphatic carbocycles. The maximum atomic E-state index is 12.5. The number of fused-ring (bicyclic) bond motifs is 1. The Morgan fingerprint density at radius 3 is 2.67 bits per heavy atom. The number of anilines is 1. The lowest BCUT2D eigenvalue weighted by atomic mass is 10.1. The van der Waals surface area contributed by atoms with Gasteiger partial charge in [0.15, 0.2) is 0 Å². The van der Waals surface area contributed by atoms with Crippen LogP contribution in [-0.4, -0.2) is 21.0 Å². The second-order valence-electron chi connectivity index (χ2n) is 6.50. The summed E-state index contributed by atoms with van der Waals surface area (Å²) < 4.78 is 5.16. The number of carbonyl (C=O) groups excluding carboxylic acids is 1. The highest BCUT2D eigenvalue weighted by atomic mass is 16.5. The fourth-order valence-electron chi connectivity index (χ4n) is 3.19. The van der Waals surface area contributed by atoms with E-state index in [1.165, 1.54) is 0 Å². The van der Waals surface area contributed by atoms with Crippen molar-refractivity contribution in [2.75, 3.05) is 5.32 Å². The Labute approximate surface area is 156 Å². The van der Waals surface area contributed by atoms with E-state index in [-0.39, 0.29) is 5.91 Å². The van der Waals surface area contributed by atoms with Gasteiger partial charge in [0, 0.05) is 17.5 Å². The number of imidazole rings is 1. The van der Waals surface area contributed by atoms with Crippen molar-refractivity contribution >= 4 is 22.6 Å². The number of benzene rings is 2. The molecule has 6 heteroatoms. The fraction of sp³-hybridized carbons (Fsp3) is 0.190. The van der Waals surface area contributed by atoms with Gasteiger partial charge in [-0.15, -0.1) is 0 Å². The van der Waals surface area contributed by atoms with E-state index < -0.39 is 0 Å². The summed E-state index contributed by atoms with van der Waals surface area (Å²) in [5.74, 6) is 1.44. The molecule has 2 aromatic heterocycles. The molecule has 0 bridgehead atoms. The molecule has 2 heterocycles. The maximum Gasteiger partial charge on any atom is 0.224 e. The highest BCUT2D eigenvalue weighted by Gasteiger charge is 2.14. The van der Waals surface area contributed by atoms with Crippen LogP contribution in [0.25, 0.3) is 22.4 Å². The molecule has 4 aromatic rings. The second kappa shape index (κ2) is 7.07. The Morgan fingerprint density at radius 1 is 1.11 bits per heavy atom. The Bertz CT molecular complexity index is 1060. The molecule has 1 amide bonds. The SMILES string of the molecule is Cc1noc(C)c1CCC(=O)Nc1ccccc1-c1nc2ccccc2[nH]1. The van der Waals surface area contributed by atoms with E-state index >= 15 is 0 Å². The number of aryl methyl sites for hydroxylation is 2. The van der Waals surface area contributed by atoms with Gasteiger partial charge in [-0.1, -0.05) is 29.4 Å². The van der Waals surface area contributed by atoms with Crippen molar-refractivity contribution in [3.63, 3.8) is 0 Å². The van der Waals surface area contributed by atoms with Gasteiger partial charge in [-0.05, 0) is 44.5 Å². The third-order valence-electron chi connectivity index (χ3n) is 4.63. The minimum atomic E-state index is -0.0569. The lowest BCUT2D eigenvalue weighted by Crippen LogP contribution is -2.13. The summed E-state index contributed by atoms with van der Waals surface area (Å²) in [7, 11) is 0. The molecular formula is C21H20N4O2. The van der Waals surface area contributed by atoms with E-state index in [0.717, 1.165) is 45.1 Å². The van der Waals surface area contributed by atoms with Gasteiger partial charge < -0.3 is 14.8 Å². The van der Waals surface area contributed by atoms with E-state index in [4.69, 9.17) is 4.52 Å². The summed E-state index contributed by atoms with van der Waals surface area (Å²) in [6.45, 7) is 3.75. The van der Waals surface area contributed by atoms with Crippen LogP contribution in [0.4, 0.5) is 5.69 Å². The van der Waals surface area contributed by atoms with Crippen LogP contribution in [0.15, 0.2) is 53.1 Å². The molecular weight excluding hydrogens is 340 g/mol. The molecule has 0 fully saturated rings. The van der Waals surface area contributed by atoms with Crippen LogP contribution >= 0.6 is 0 Å². The van der Waals surface area contributed by atoms with Crippen molar-refractivity contribution in [2.24, 2.45) is 0 Å². The van der Waals surface area contributed by atoms with Gasteiger partial charge in [0.2, 0.25) is 5.91 Å². The Kier molecular flexibility index (Phi) is 4.46. The highest BCUT2D eigenvalue weighted by Crippen LogP contribution is 2.27. The number of nitrogens with one attached hydrogen (secondary N) is 2. The molecule has 0 radical (unpaired) electrons. The lowest BCUT2D eigenvalue weighted by Gasteiger charge is -2.09. The van der Waals surface area contributed by atoms with Gasteiger partial charge in [0.1, 0.15) is 11.6 Å². The first-order chi connectivity index (χ1) is 13.1. The largest absolute Gasteiger partial charge is 0.361 e. The predicted octanol–water partition coefficient (Wildman–Crippen LogP) is 4.41. The zero-order valence-corrected chi connectivity index (χ0v) is 15.2. The summed E-state index contributed by atoms with van der Waals surface area (Å²) in [6, 6.07) is 15.5. The summed E-state index contributed by atoms with van der Waals surface area (Å²) in [5.41, 5.74) is 5.29. The minimum Gasteiger partial charge on any atom is -0.361 e. The summed E-state index contributed by atoms with van der Waals surface area (Å²) in [5, 5.41) is 6.94. The molecule has 0 aliphatic rings. The third-order valence-corrected chi connectivity index (χ3v) is 4.63. The zero-order chi connectivity index (χ0) is 18.8. The number of hydrogen-bond acceptors (Lipinski definition) is 4. The molecule has 0 saturated heterocycles. The number of aromatic nitrogens is 3. The second-order valence-corrected chi connectivity index (χ2v) is 6.50. The number of carbonyl (C=O) groups is 1. The Morgan fingerprint density at radius 2 is 1.89 bits per heavy atom. The summed E-state index contributed by atoms with van der Waals surface area (Å²) >= 11 is 0. The predicted molar refractivity (Wildman–Crippen MR) is 104 cm³/mol. The van der Waals surface area contributed by atoms with Crippen molar-refractivity contribution in [3.8, 4) is 11.4 Å². The number of amides is 1. The minimum absolute atomic E-state index is 0.0569. The molecule has 6 nitrogen and oxygen atoms in total. The van der Waals surface area contributed by atoms with Crippen molar-refractivity contribution in [2.45, 2.75) is 26.7 Å². The number of para-hydroxylation sites is 3. The molecule has 4 rings (SSSR count). The van der Waals surface area contributed by atoms with E-state index in [1.54, 1.807) is 0 Å². The molecule has 0 atom stereocenters. The molecule has 2 N–H and O–H groups in total. The van der Waals surface area contributed by atoms with Crippen LogP contribution in [0.5, 0.6) is 0 Å². The first-order valence-corrected chi connectivity index (χ1v) is 8.87. The van der Waals surface area contributed by atoms with Gasteiger partial charge in [-0.3, -0.25) is 4.79 Å². The van der Waals surface area contributed by atoms with E-state index in [0.29, 0.717) is 12.8 Å². The van der Waals surface area contributed by atoms with Crippen molar-refractivity contribution in [3.05, 3.63) is 65.5 Å². The average Bonchev–Trinajstić information content (AvgIpc) is 3.24. The van der Waals surface area contributed by atoms with Crippen LogP contribution in [0, 0.1) is 13.8 Å². The third kappa shape index (κ3) is 3.46. The van der Waals surface area contributed by atoms with Crippen molar-refractivity contribution < 1.29 is 9.32 Å². The zero-order valence-electron chi connectivity index (χ0n) is 15.2. The molecule has 27 heavy (non-hydrogen) atoms. The van der Waals surface area contributed by atoms with Crippen LogP contribution < -0.4 is 5.32 Å². The summed E-state index contributed by atoms with van der Waals surface area (Å²) in [6.07, 6.45) is 0.956. The van der Waals surface area contributed by atoms with E-state index in [9.17, 15) is 4.79 Å². The molecule has 136 valence electrons. The highest BCUT2D eigenvalue weighted by molar-refractivity contribution is 5.95. The number of rotatable bonds is 5. The molecule has 0 saturated carbocycles. The molecule has 0 unspecified atom stereocenters. The first-order valence-electron chi connectivity index (χ1n) is 8.87. The van der Waals surface area contributed by atoms with E-state index in [2.05, 4.69) is 20.4 Å². The Hall–Kier alpha value is -3.41. The lowest BCUT2D eigenvalue weighted by molar-refractivity contribution is -0.116. The van der Waals surface area contributed by atoms with Crippen LogP contribution in [0.2, 0.25) is 0 Å². The molecule has 2 aromatic carbocycles. The Balaban J connectivity index is 1.53. The first kappa shape index (κ1) is 17.0. The average molecular weight is 360 g/mol. The van der Waals surface area contributed by atoms with Crippen LogP contribution in [0.3, 0.4) is 0 Å². The van der Waals surface area contributed by atoms with Gasteiger partial charge in [-0.25, -0.2) is 4.98 Å². The van der Waals surface area contributed by atoms with Gasteiger partial charge in [0.25, 0.3) is 0 Å². The van der Waals surface area contributed by atoms with Crippen LogP contribution in [-0.2, 0) is 11.2 Å². The van der Waals surface area contributed by atoms with E-state index in [1.807, 2.05) is 62.4 Å². The molecule has 0 aliphatic heterocycles. The smallest absolute Gasteiger partial charge is 0.224 e. The van der Waals surface area contributed by atoms with Crippen molar-refractivity contribution in [1.82, 2.24) is 15.1 Å². The standard InChI is InChI=1S/C21H20N4O2/c1-13-15(14(2)27-25-13)11-12-20(26)22-17-8-4-3-7-16(17)21-23-18-9-5-6-10-19(18)24-21/h3-10H,11-12H2,1-2H3,(H,22,26)(H,23,24). The number of H-pyrrole nitrogens is 1. The normalized spacial score (nSPS) is 11.0. The fourth-order valence-corrected chi connectivity index (χ4v) is 3.19. The number of nitrogens with zero attached hydrogens (tertiary/aromatic N) is 2. The van der Waals surface area contributed by atoms with Gasteiger partial charge >= 0.3 is 0 Å². The van der Waals surface area contributed by atoms with Crippen molar-refractivity contribution in [1.29, 1.82) is 0 Å². The number of hydrogen-bond donors (Lipinski definition) is 2. The topological polar surface area (TPSA) is 83.8 Å². The summed E-state index contributed by atoms with van der Waals surface area (Å²) in [4.78, 5) is 20.4. The van der Waals surface area contributed by atoms with Gasteiger partial charge in [0.05, 0.1) is 22.4 Å². The van der Waals surface area contributed by atoms with Crippen LogP contribution in [0.1, 0.15) is 23.4 Å². The monoisotopic (exact) mass is 360 g/mol. The van der Waals surface area contributed by atoms with Gasteiger partial charge in [-0.2, -0.15) is 0 Å².